The van der Waals surface area contributed by atoms with Gasteiger partial charge in [-0.25, -0.2) is 0 Å². The first kappa shape index (κ1) is 9.47. The van der Waals surface area contributed by atoms with Crippen molar-refractivity contribution < 1.29 is 0 Å². The standard InChI is InChI=1S/C11H22N2/c1-9-4-3-7-13(9)11-6-5-10(8-11)12-2/h9-12H,3-8H2,1-2H3. The molecule has 0 amide bonds. The van der Waals surface area contributed by atoms with Crippen molar-refractivity contribution in [1.29, 1.82) is 0 Å². The summed E-state index contributed by atoms with van der Waals surface area (Å²) in [4.78, 5) is 2.73. The van der Waals surface area contributed by atoms with Gasteiger partial charge in [-0.05, 0) is 52.6 Å². The molecular formula is C11H22N2. The Morgan fingerprint density at radius 2 is 2.08 bits per heavy atom. The lowest BCUT2D eigenvalue weighted by Gasteiger charge is -2.28. The van der Waals surface area contributed by atoms with Crippen LogP contribution in [0.2, 0.25) is 0 Å². The predicted octanol–water partition coefficient (Wildman–Crippen LogP) is 1.61. The molecule has 1 saturated heterocycles. The maximum Gasteiger partial charge on any atom is 0.0113 e. The van der Waals surface area contributed by atoms with E-state index in [-0.39, 0.29) is 0 Å². The summed E-state index contributed by atoms with van der Waals surface area (Å²) in [6, 6.07) is 2.52. The summed E-state index contributed by atoms with van der Waals surface area (Å²) < 4.78 is 0. The van der Waals surface area contributed by atoms with Gasteiger partial charge in [0.05, 0.1) is 0 Å². The molecule has 0 aromatic carbocycles. The van der Waals surface area contributed by atoms with Crippen molar-refractivity contribution in [2.75, 3.05) is 13.6 Å². The van der Waals surface area contributed by atoms with Crippen molar-refractivity contribution in [2.24, 2.45) is 0 Å². The van der Waals surface area contributed by atoms with E-state index in [1.54, 1.807) is 0 Å². The first-order valence-corrected chi connectivity index (χ1v) is 5.74. The molecule has 0 aromatic heterocycles. The van der Waals surface area contributed by atoms with Crippen molar-refractivity contribution in [3.8, 4) is 0 Å². The third-order valence-corrected chi connectivity index (χ3v) is 3.89. The minimum atomic E-state index is 0.790. The highest BCUT2D eigenvalue weighted by Crippen LogP contribution is 2.29. The van der Waals surface area contributed by atoms with E-state index in [4.69, 9.17) is 0 Å². The maximum absolute atomic E-state index is 3.41. The molecule has 1 N–H and O–H groups in total. The normalized spacial score (nSPS) is 41.5. The second-order valence-corrected chi connectivity index (χ2v) is 4.68. The summed E-state index contributed by atoms with van der Waals surface area (Å²) in [5.74, 6) is 0. The van der Waals surface area contributed by atoms with E-state index in [9.17, 15) is 0 Å². The molecule has 2 aliphatic rings. The Bertz CT molecular complexity index is 169. The van der Waals surface area contributed by atoms with E-state index in [2.05, 4.69) is 24.2 Å². The Hall–Kier alpha value is -0.0800. The van der Waals surface area contributed by atoms with Gasteiger partial charge in [-0.2, -0.15) is 0 Å². The van der Waals surface area contributed by atoms with Crippen LogP contribution >= 0.6 is 0 Å². The van der Waals surface area contributed by atoms with Gasteiger partial charge in [-0.15, -0.1) is 0 Å². The average molecular weight is 182 g/mol. The van der Waals surface area contributed by atoms with Crippen LogP contribution in [0, 0.1) is 0 Å². The van der Waals surface area contributed by atoms with Crippen molar-refractivity contribution in [2.45, 2.75) is 57.2 Å². The molecule has 0 bridgehead atoms. The quantitative estimate of drug-likeness (QED) is 0.698. The fraction of sp³-hybridized carbons (Fsp3) is 1.00. The fourth-order valence-corrected chi connectivity index (χ4v) is 3.02. The minimum absolute atomic E-state index is 0.790. The predicted molar refractivity (Wildman–Crippen MR) is 55.9 cm³/mol. The summed E-state index contributed by atoms with van der Waals surface area (Å²) in [6.45, 7) is 3.74. The van der Waals surface area contributed by atoms with Gasteiger partial charge in [-0.3, -0.25) is 4.90 Å². The Labute approximate surface area is 81.7 Å². The second-order valence-electron chi connectivity index (χ2n) is 4.68. The van der Waals surface area contributed by atoms with Crippen molar-refractivity contribution in [3.05, 3.63) is 0 Å². The van der Waals surface area contributed by atoms with Crippen LogP contribution in [-0.4, -0.2) is 36.6 Å². The molecule has 1 heterocycles. The number of nitrogens with one attached hydrogen (secondary N) is 1. The molecule has 0 aromatic rings. The van der Waals surface area contributed by atoms with E-state index in [0.29, 0.717) is 0 Å². The Morgan fingerprint density at radius 1 is 1.23 bits per heavy atom. The molecular weight excluding hydrogens is 160 g/mol. The molecule has 0 spiro atoms. The summed E-state index contributed by atoms with van der Waals surface area (Å²) in [7, 11) is 2.10. The van der Waals surface area contributed by atoms with Crippen LogP contribution in [-0.2, 0) is 0 Å². The van der Waals surface area contributed by atoms with Gasteiger partial charge in [0.2, 0.25) is 0 Å². The molecule has 2 heteroatoms. The first-order valence-electron chi connectivity index (χ1n) is 5.74. The summed E-state index contributed by atoms with van der Waals surface area (Å²) in [6.07, 6.45) is 7.00. The third-order valence-electron chi connectivity index (χ3n) is 3.89. The van der Waals surface area contributed by atoms with E-state index in [1.807, 2.05) is 0 Å². The Morgan fingerprint density at radius 3 is 2.62 bits per heavy atom. The van der Waals surface area contributed by atoms with Crippen LogP contribution in [0.15, 0.2) is 0 Å². The van der Waals surface area contributed by atoms with Gasteiger partial charge in [0.25, 0.3) is 0 Å². The van der Waals surface area contributed by atoms with Gasteiger partial charge >= 0.3 is 0 Å². The molecule has 1 saturated carbocycles. The lowest BCUT2D eigenvalue weighted by molar-refractivity contribution is 0.190. The van der Waals surface area contributed by atoms with E-state index < -0.39 is 0 Å². The Kier molecular flexibility index (Phi) is 2.89. The summed E-state index contributed by atoms with van der Waals surface area (Å²) >= 11 is 0. The van der Waals surface area contributed by atoms with E-state index in [1.165, 1.54) is 38.6 Å². The van der Waals surface area contributed by atoms with Gasteiger partial charge in [0, 0.05) is 18.1 Å². The van der Waals surface area contributed by atoms with Crippen molar-refractivity contribution in [1.82, 2.24) is 10.2 Å². The monoisotopic (exact) mass is 182 g/mol. The summed E-state index contributed by atoms with van der Waals surface area (Å²) in [5.41, 5.74) is 0. The zero-order valence-corrected chi connectivity index (χ0v) is 8.92. The number of nitrogens with zero attached hydrogens (tertiary/aromatic N) is 1. The van der Waals surface area contributed by atoms with Crippen molar-refractivity contribution in [3.63, 3.8) is 0 Å². The molecule has 0 radical (unpaired) electrons. The first-order chi connectivity index (χ1) is 6.31. The number of likely N-dealkylation sites (tertiary alicyclic amines) is 1. The van der Waals surface area contributed by atoms with Gasteiger partial charge in [-0.1, -0.05) is 0 Å². The highest BCUT2D eigenvalue weighted by Gasteiger charge is 2.32. The van der Waals surface area contributed by atoms with Crippen molar-refractivity contribution >= 4 is 0 Å². The second kappa shape index (κ2) is 3.97. The van der Waals surface area contributed by atoms with Gasteiger partial charge in [0.1, 0.15) is 0 Å². The molecule has 1 aliphatic heterocycles. The number of rotatable bonds is 2. The average Bonchev–Trinajstić information content (AvgIpc) is 2.71. The molecule has 2 rings (SSSR count). The fourth-order valence-electron chi connectivity index (χ4n) is 3.02. The molecule has 2 nitrogen and oxygen atoms in total. The van der Waals surface area contributed by atoms with Gasteiger partial charge < -0.3 is 5.32 Å². The zero-order valence-electron chi connectivity index (χ0n) is 8.92. The number of hydrogen-bond acceptors (Lipinski definition) is 2. The molecule has 2 fully saturated rings. The largest absolute Gasteiger partial charge is 0.317 e. The maximum atomic E-state index is 3.41. The van der Waals surface area contributed by atoms with E-state index >= 15 is 0 Å². The highest BCUT2D eigenvalue weighted by molar-refractivity contribution is 4.90. The van der Waals surface area contributed by atoms with Crippen LogP contribution in [0.1, 0.15) is 39.0 Å². The molecule has 1 aliphatic carbocycles. The molecule has 3 unspecified atom stereocenters. The minimum Gasteiger partial charge on any atom is -0.317 e. The molecule has 76 valence electrons. The van der Waals surface area contributed by atoms with Crippen LogP contribution in [0.3, 0.4) is 0 Å². The van der Waals surface area contributed by atoms with Crippen LogP contribution in [0.25, 0.3) is 0 Å². The lowest BCUT2D eigenvalue weighted by atomic mass is 10.2. The van der Waals surface area contributed by atoms with Crippen LogP contribution < -0.4 is 5.32 Å². The SMILES string of the molecule is CNC1CCC(N2CCCC2C)C1. The number of hydrogen-bond donors (Lipinski definition) is 1. The van der Waals surface area contributed by atoms with Crippen LogP contribution in [0.4, 0.5) is 0 Å². The third kappa shape index (κ3) is 1.89. The Balaban J connectivity index is 1.88. The smallest absolute Gasteiger partial charge is 0.0113 e. The topological polar surface area (TPSA) is 15.3 Å². The molecule has 3 atom stereocenters. The lowest BCUT2D eigenvalue weighted by Crippen LogP contribution is -2.37. The van der Waals surface area contributed by atoms with E-state index in [0.717, 1.165) is 18.1 Å². The highest BCUT2D eigenvalue weighted by atomic mass is 15.2. The van der Waals surface area contributed by atoms with Gasteiger partial charge in [0.15, 0.2) is 0 Å². The van der Waals surface area contributed by atoms with Crippen LogP contribution in [0.5, 0.6) is 0 Å². The zero-order chi connectivity index (χ0) is 9.26. The molecule has 13 heavy (non-hydrogen) atoms. The summed E-state index contributed by atoms with van der Waals surface area (Å²) in [5, 5.41) is 3.41.